The maximum atomic E-state index is 12.2. The molecule has 1 heterocycles. The van der Waals surface area contributed by atoms with Crippen molar-refractivity contribution in [3.05, 3.63) is 29.8 Å². The van der Waals surface area contributed by atoms with Crippen molar-refractivity contribution >= 4 is 41.7 Å². The first-order valence-corrected chi connectivity index (χ1v) is 9.81. The van der Waals surface area contributed by atoms with E-state index >= 15 is 0 Å². The highest BCUT2D eigenvalue weighted by atomic mass is 35.5. The fraction of sp³-hybridized carbons (Fsp3) is 0.556. The van der Waals surface area contributed by atoms with E-state index in [-0.39, 0.29) is 24.2 Å². The zero-order valence-corrected chi connectivity index (χ0v) is 16.0. The molecular formula is C18H26ClN3O2S. The van der Waals surface area contributed by atoms with Gasteiger partial charge in [-0.25, -0.2) is 0 Å². The topological polar surface area (TPSA) is 61.4 Å². The number of halogens is 1. The third-order valence-electron chi connectivity index (χ3n) is 4.37. The van der Waals surface area contributed by atoms with Crippen LogP contribution in [-0.2, 0) is 16.0 Å². The van der Waals surface area contributed by atoms with Gasteiger partial charge in [0.05, 0.1) is 13.0 Å². The number of thioether (sulfide) groups is 1. The predicted octanol–water partition coefficient (Wildman–Crippen LogP) is 2.16. The molecule has 0 spiro atoms. The molecule has 0 radical (unpaired) electrons. The van der Waals surface area contributed by atoms with E-state index in [1.807, 2.05) is 40.9 Å². The van der Waals surface area contributed by atoms with Crippen LogP contribution >= 0.6 is 24.2 Å². The van der Waals surface area contributed by atoms with Gasteiger partial charge in [-0.05, 0) is 43.0 Å². The molecule has 2 amide bonds. The second-order valence-electron chi connectivity index (χ2n) is 6.49. The molecule has 0 aromatic heterocycles. The van der Waals surface area contributed by atoms with Gasteiger partial charge in [-0.2, -0.15) is 11.8 Å². The van der Waals surface area contributed by atoms with Gasteiger partial charge in [0.1, 0.15) is 0 Å². The number of hydrogen-bond donors (Lipinski definition) is 2. The van der Waals surface area contributed by atoms with Crippen LogP contribution in [0.15, 0.2) is 24.3 Å². The number of carbonyl (C=O) groups is 2. The number of hydrogen-bond acceptors (Lipinski definition) is 4. The van der Waals surface area contributed by atoms with Crippen molar-refractivity contribution < 1.29 is 9.59 Å². The summed E-state index contributed by atoms with van der Waals surface area (Å²) in [5.74, 6) is 3.01. The number of carbonyl (C=O) groups excluding carboxylic acids is 2. The van der Waals surface area contributed by atoms with Crippen molar-refractivity contribution in [1.29, 1.82) is 0 Å². The van der Waals surface area contributed by atoms with Crippen LogP contribution < -0.4 is 10.6 Å². The van der Waals surface area contributed by atoms with E-state index in [0.29, 0.717) is 13.0 Å². The maximum Gasteiger partial charge on any atom is 0.238 e. The summed E-state index contributed by atoms with van der Waals surface area (Å²) in [6.45, 7) is 2.99. The molecule has 2 aliphatic rings. The van der Waals surface area contributed by atoms with Gasteiger partial charge in [-0.3, -0.25) is 9.59 Å². The van der Waals surface area contributed by atoms with E-state index in [9.17, 15) is 9.59 Å². The molecule has 7 heteroatoms. The Kier molecular flexibility index (Phi) is 8.06. The minimum absolute atomic E-state index is 0. The van der Waals surface area contributed by atoms with Gasteiger partial charge in [0.25, 0.3) is 0 Å². The highest BCUT2D eigenvalue weighted by Crippen LogP contribution is 2.27. The molecule has 0 bridgehead atoms. The first kappa shape index (κ1) is 20.1. The van der Waals surface area contributed by atoms with Crippen LogP contribution in [0.2, 0.25) is 0 Å². The molecule has 2 N–H and O–H groups in total. The standard InChI is InChI=1S/C18H25N3O2S.ClH/c22-17(13-19-12-15-1-2-15)20-16-5-3-14(4-6-16)11-18(23)21-7-9-24-10-8-21;/h3-6,15,19H,1-2,7-13H2,(H,20,22);1H. The summed E-state index contributed by atoms with van der Waals surface area (Å²) < 4.78 is 0. The Morgan fingerprint density at radius 1 is 1.12 bits per heavy atom. The lowest BCUT2D eigenvalue weighted by Crippen LogP contribution is -2.38. The van der Waals surface area contributed by atoms with Gasteiger partial charge >= 0.3 is 0 Å². The number of anilines is 1. The molecule has 1 aliphatic carbocycles. The van der Waals surface area contributed by atoms with E-state index in [4.69, 9.17) is 0 Å². The number of nitrogens with one attached hydrogen (secondary N) is 2. The fourth-order valence-corrected chi connectivity index (χ4v) is 3.63. The van der Waals surface area contributed by atoms with E-state index in [1.54, 1.807) is 0 Å². The molecule has 5 nitrogen and oxygen atoms in total. The summed E-state index contributed by atoms with van der Waals surface area (Å²) >= 11 is 1.90. The van der Waals surface area contributed by atoms with Crippen molar-refractivity contribution in [2.24, 2.45) is 5.92 Å². The summed E-state index contributed by atoms with van der Waals surface area (Å²) in [6, 6.07) is 7.58. The second-order valence-corrected chi connectivity index (χ2v) is 7.71. The van der Waals surface area contributed by atoms with Crippen LogP contribution in [0.5, 0.6) is 0 Å². The minimum Gasteiger partial charge on any atom is -0.341 e. The summed E-state index contributed by atoms with van der Waals surface area (Å²) in [7, 11) is 0. The predicted molar refractivity (Wildman–Crippen MR) is 106 cm³/mol. The molecule has 1 aromatic rings. The summed E-state index contributed by atoms with van der Waals surface area (Å²) in [6.07, 6.45) is 3.00. The lowest BCUT2D eigenvalue weighted by molar-refractivity contribution is -0.130. The highest BCUT2D eigenvalue weighted by molar-refractivity contribution is 7.99. The van der Waals surface area contributed by atoms with Gasteiger partial charge in [-0.15, -0.1) is 12.4 Å². The van der Waals surface area contributed by atoms with Crippen LogP contribution in [0, 0.1) is 5.92 Å². The SMILES string of the molecule is Cl.O=C(CNCC1CC1)Nc1ccc(CC(=O)N2CCSCC2)cc1. The molecule has 0 unspecified atom stereocenters. The van der Waals surface area contributed by atoms with Crippen molar-refractivity contribution in [2.45, 2.75) is 19.3 Å². The zero-order chi connectivity index (χ0) is 16.8. The lowest BCUT2D eigenvalue weighted by Gasteiger charge is -2.26. The summed E-state index contributed by atoms with van der Waals surface area (Å²) in [5, 5.41) is 6.06. The minimum atomic E-state index is -0.0229. The van der Waals surface area contributed by atoms with Crippen LogP contribution in [0.25, 0.3) is 0 Å². The largest absolute Gasteiger partial charge is 0.341 e. The molecule has 1 aliphatic heterocycles. The van der Waals surface area contributed by atoms with Gasteiger partial charge in [-0.1, -0.05) is 12.1 Å². The van der Waals surface area contributed by atoms with Crippen molar-refractivity contribution in [3.63, 3.8) is 0 Å². The highest BCUT2D eigenvalue weighted by Gasteiger charge is 2.20. The summed E-state index contributed by atoms with van der Waals surface area (Å²) in [4.78, 5) is 26.0. The van der Waals surface area contributed by atoms with Crippen molar-refractivity contribution in [3.8, 4) is 0 Å². The molecule has 1 saturated heterocycles. The normalized spacial score (nSPS) is 16.9. The molecule has 0 atom stereocenters. The Balaban J connectivity index is 0.00000225. The molecule has 25 heavy (non-hydrogen) atoms. The molecular weight excluding hydrogens is 358 g/mol. The summed E-state index contributed by atoms with van der Waals surface area (Å²) in [5.41, 5.74) is 1.77. The first-order chi connectivity index (χ1) is 11.7. The van der Waals surface area contributed by atoms with E-state index in [0.717, 1.165) is 48.3 Å². The van der Waals surface area contributed by atoms with E-state index in [1.165, 1.54) is 12.8 Å². The quantitative estimate of drug-likeness (QED) is 0.757. The molecule has 1 aromatic carbocycles. The molecule has 3 rings (SSSR count). The van der Waals surface area contributed by atoms with Crippen molar-refractivity contribution in [1.82, 2.24) is 10.2 Å². The van der Waals surface area contributed by atoms with Gasteiger partial charge < -0.3 is 15.5 Å². The van der Waals surface area contributed by atoms with Crippen LogP contribution in [0.4, 0.5) is 5.69 Å². The number of amides is 2. The smallest absolute Gasteiger partial charge is 0.238 e. The van der Waals surface area contributed by atoms with Crippen LogP contribution in [-0.4, -0.2) is 54.4 Å². The van der Waals surface area contributed by atoms with Crippen LogP contribution in [0.1, 0.15) is 18.4 Å². The Bertz CT molecular complexity index is 572. The lowest BCUT2D eigenvalue weighted by atomic mass is 10.1. The van der Waals surface area contributed by atoms with Gasteiger partial charge in [0.15, 0.2) is 0 Å². The Hall–Kier alpha value is -1.24. The maximum absolute atomic E-state index is 12.2. The van der Waals surface area contributed by atoms with E-state index < -0.39 is 0 Å². The zero-order valence-electron chi connectivity index (χ0n) is 14.3. The van der Waals surface area contributed by atoms with E-state index in [2.05, 4.69) is 10.6 Å². The number of rotatable bonds is 7. The molecule has 1 saturated carbocycles. The van der Waals surface area contributed by atoms with Crippen molar-refractivity contribution in [2.75, 3.05) is 43.0 Å². The monoisotopic (exact) mass is 383 g/mol. The third kappa shape index (κ3) is 6.88. The van der Waals surface area contributed by atoms with Gasteiger partial charge in [0.2, 0.25) is 11.8 Å². The Morgan fingerprint density at radius 2 is 1.80 bits per heavy atom. The second kappa shape index (κ2) is 10.0. The molecule has 2 fully saturated rings. The van der Waals surface area contributed by atoms with Gasteiger partial charge in [0, 0.05) is 30.3 Å². The van der Waals surface area contributed by atoms with Crippen LogP contribution in [0.3, 0.4) is 0 Å². The third-order valence-corrected chi connectivity index (χ3v) is 5.31. The number of benzene rings is 1. The fourth-order valence-electron chi connectivity index (χ4n) is 2.72. The average Bonchev–Trinajstić information content (AvgIpc) is 3.42. The number of nitrogens with zero attached hydrogens (tertiary/aromatic N) is 1. The Labute approximate surface area is 159 Å². The Morgan fingerprint density at radius 3 is 2.44 bits per heavy atom. The molecule has 138 valence electrons. The average molecular weight is 384 g/mol. The first-order valence-electron chi connectivity index (χ1n) is 8.66.